The average Bonchev–Trinajstić information content (AvgIpc) is 2.49. The summed E-state index contributed by atoms with van der Waals surface area (Å²) in [6, 6.07) is 1.77. The van der Waals surface area contributed by atoms with E-state index in [0.29, 0.717) is 6.20 Å². The molecule has 0 bridgehead atoms. The molecule has 4 nitrogen and oxygen atoms in total. The highest BCUT2D eigenvalue weighted by molar-refractivity contribution is 6.32. The maximum atomic E-state index is 14.0. The number of benzene rings is 1. The van der Waals surface area contributed by atoms with Crippen LogP contribution in [0.1, 0.15) is 12.5 Å². The van der Waals surface area contributed by atoms with E-state index >= 15 is 0 Å². The molecule has 0 radical (unpaired) electrons. The maximum Gasteiger partial charge on any atom is 0.417 e. The lowest BCUT2D eigenvalue weighted by Gasteiger charge is -2.14. The van der Waals surface area contributed by atoms with E-state index in [9.17, 15) is 26.7 Å². The van der Waals surface area contributed by atoms with Crippen LogP contribution in [0.5, 0.6) is 5.75 Å². The topological polar surface area (TPSA) is 59.4 Å². The Hall–Kier alpha value is -2.42. The van der Waals surface area contributed by atoms with Crippen molar-refractivity contribution in [2.24, 2.45) is 0 Å². The van der Waals surface area contributed by atoms with Gasteiger partial charge in [0.05, 0.1) is 10.6 Å². The van der Waals surface area contributed by atoms with Crippen LogP contribution in [0.3, 0.4) is 0 Å². The van der Waals surface area contributed by atoms with E-state index in [-0.39, 0.29) is 16.8 Å². The Balaban J connectivity index is 2.51. The van der Waals surface area contributed by atoms with Gasteiger partial charge in [0.1, 0.15) is 23.1 Å². The Morgan fingerprint density at radius 3 is 2.40 bits per heavy atom. The van der Waals surface area contributed by atoms with E-state index in [1.807, 2.05) is 0 Å². The number of carboxylic acids is 1. The summed E-state index contributed by atoms with van der Waals surface area (Å²) < 4.78 is 70.7. The predicted octanol–water partition coefficient (Wildman–Crippen LogP) is 4.55. The Labute approximate surface area is 142 Å². The van der Waals surface area contributed by atoms with Gasteiger partial charge in [-0.05, 0) is 25.1 Å². The molecule has 0 saturated heterocycles. The predicted molar refractivity (Wildman–Crippen MR) is 77.3 cm³/mol. The van der Waals surface area contributed by atoms with Gasteiger partial charge in [-0.15, -0.1) is 0 Å². The summed E-state index contributed by atoms with van der Waals surface area (Å²) in [7, 11) is 0. The molecule has 1 aromatic heterocycles. The Morgan fingerprint density at radius 1 is 1.24 bits per heavy atom. The summed E-state index contributed by atoms with van der Waals surface area (Å²) in [5.74, 6) is -4.09. The van der Waals surface area contributed by atoms with Crippen molar-refractivity contribution in [1.82, 2.24) is 4.98 Å². The van der Waals surface area contributed by atoms with Crippen molar-refractivity contribution in [1.29, 1.82) is 0 Å². The molecule has 0 aliphatic carbocycles. The number of alkyl halides is 3. The Bertz CT molecular complexity index is 826. The molecule has 2 rings (SSSR count). The van der Waals surface area contributed by atoms with E-state index in [4.69, 9.17) is 21.4 Å². The Kier molecular flexibility index (Phi) is 5.17. The molecule has 0 fully saturated rings. The molecule has 1 atom stereocenters. The van der Waals surface area contributed by atoms with Crippen molar-refractivity contribution in [3.8, 4) is 17.0 Å². The van der Waals surface area contributed by atoms with Gasteiger partial charge in [0.15, 0.2) is 6.10 Å². The van der Waals surface area contributed by atoms with E-state index in [2.05, 4.69) is 4.98 Å². The van der Waals surface area contributed by atoms with Gasteiger partial charge in [0.25, 0.3) is 0 Å². The molecule has 134 valence electrons. The van der Waals surface area contributed by atoms with Gasteiger partial charge in [0, 0.05) is 11.8 Å². The molecular formula is C15H9ClF5NO3. The maximum absolute atomic E-state index is 14.0. The smallest absolute Gasteiger partial charge is 0.417 e. The quantitative estimate of drug-likeness (QED) is 0.789. The zero-order chi connectivity index (χ0) is 18.9. The average molecular weight is 382 g/mol. The molecule has 10 heteroatoms. The highest BCUT2D eigenvalue weighted by Gasteiger charge is 2.32. The third-order valence-corrected chi connectivity index (χ3v) is 3.39. The summed E-state index contributed by atoms with van der Waals surface area (Å²) in [4.78, 5) is 14.1. The molecule has 0 saturated carbocycles. The van der Waals surface area contributed by atoms with Crippen molar-refractivity contribution >= 4 is 17.6 Å². The van der Waals surface area contributed by atoms with Crippen LogP contribution >= 0.6 is 11.6 Å². The van der Waals surface area contributed by atoms with Crippen molar-refractivity contribution in [3.63, 3.8) is 0 Å². The SMILES string of the molecule is CC(Oc1cc(-c2ncc(C(F)(F)F)cc2F)c(F)cc1Cl)C(=O)O. The highest BCUT2D eigenvalue weighted by atomic mass is 35.5. The number of halogens is 6. The highest BCUT2D eigenvalue weighted by Crippen LogP contribution is 2.36. The molecule has 0 aliphatic heterocycles. The zero-order valence-corrected chi connectivity index (χ0v) is 13.1. The molecule has 0 amide bonds. The second-order valence-electron chi connectivity index (χ2n) is 4.91. The van der Waals surface area contributed by atoms with Crippen LogP contribution in [0.4, 0.5) is 22.0 Å². The van der Waals surface area contributed by atoms with Gasteiger partial charge in [-0.25, -0.2) is 13.6 Å². The van der Waals surface area contributed by atoms with Crippen LogP contribution in [0, 0.1) is 11.6 Å². The molecule has 1 heterocycles. The van der Waals surface area contributed by atoms with E-state index in [0.717, 1.165) is 12.1 Å². The normalized spacial score (nSPS) is 12.8. The summed E-state index contributed by atoms with van der Waals surface area (Å²) in [5, 5.41) is 8.51. The number of nitrogens with zero attached hydrogens (tertiary/aromatic N) is 1. The van der Waals surface area contributed by atoms with E-state index in [1.165, 1.54) is 6.92 Å². The minimum atomic E-state index is -4.81. The number of hydrogen-bond acceptors (Lipinski definition) is 3. The van der Waals surface area contributed by atoms with Gasteiger partial charge in [-0.3, -0.25) is 4.98 Å². The molecule has 25 heavy (non-hydrogen) atoms. The molecule has 1 aromatic carbocycles. The third-order valence-electron chi connectivity index (χ3n) is 3.10. The van der Waals surface area contributed by atoms with Crippen LogP contribution < -0.4 is 4.74 Å². The second kappa shape index (κ2) is 6.83. The van der Waals surface area contributed by atoms with Gasteiger partial charge in [0.2, 0.25) is 0 Å². The van der Waals surface area contributed by atoms with Crippen molar-refractivity contribution in [2.75, 3.05) is 0 Å². The van der Waals surface area contributed by atoms with Gasteiger partial charge in [-0.2, -0.15) is 13.2 Å². The number of carbonyl (C=O) groups is 1. The van der Waals surface area contributed by atoms with Crippen LogP contribution in [-0.4, -0.2) is 22.2 Å². The van der Waals surface area contributed by atoms with E-state index in [1.54, 1.807) is 0 Å². The fraction of sp³-hybridized carbons (Fsp3) is 0.200. The Morgan fingerprint density at radius 2 is 1.88 bits per heavy atom. The molecular weight excluding hydrogens is 373 g/mol. The number of aliphatic carboxylic acids is 1. The van der Waals surface area contributed by atoms with Gasteiger partial charge < -0.3 is 9.84 Å². The van der Waals surface area contributed by atoms with Crippen LogP contribution in [0.25, 0.3) is 11.3 Å². The number of carboxylic acid groups (broad SMARTS) is 1. The molecule has 1 unspecified atom stereocenters. The first-order valence-electron chi connectivity index (χ1n) is 6.62. The number of pyridine rings is 1. The van der Waals surface area contributed by atoms with Crippen LogP contribution in [0.2, 0.25) is 5.02 Å². The lowest BCUT2D eigenvalue weighted by Crippen LogP contribution is -2.23. The first kappa shape index (κ1) is 18.9. The standard InChI is InChI=1S/C15H9ClF5NO3/c1-6(14(23)24)25-12-3-8(10(17)4-9(12)16)13-11(18)2-7(5-22-13)15(19,20)21/h2-6H,1H3,(H,23,24). The summed E-state index contributed by atoms with van der Waals surface area (Å²) in [6.45, 7) is 1.18. The molecule has 2 aromatic rings. The lowest BCUT2D eigenvalue weighted by molar-refractivity contribution is -0.144. The first-order chi connectivity index (χ1) is 11.5. The number of aromatic nitrogens is 1. The van der Waals surface area contributed by atoms with Crippen LogP contribution in [-0.2, 0) is 11.0 Å². The van der Waals surface area contributed by atoms with Gasteiger partial charge in [-0.1, -0.05) is 11.6 Å². The lowest BCUT2D eigenvalue weighted by atomic mass is 10.1. The molecule has 0 aliphatic rings. The van der Waals surface area contributed by atoms with Crippen molar-refractivity contribution in [3.05, 3.63) is 46.6 Å². The zero-order valence-electron chi connectivity index (χ0n) is 12.4. The van der Waals surface area contributed by atoms with Crippen LogP contribution in [0.15, 0.2) is 24.4 Å². The van der Waals surface area contributed by atoms with E-state index < -0.39 is 46.7 Å². The summed E-state index contributed by atoms with van der Waals surface area (Å²) in [6.07, 6.45) is -5.80. The largest absolute Gasteiger partial charge is 0.479 e. The third kappa shape index (κ3) is 4.16. The number of rotatable bonds is 4. The molecule has 1 N–H and O–H groups in total. The minimum absolute atomic E-state index is 0.177. The fourth-order valence-corrected chi connectivity index (χ4v) is 2.03. The second-order valence-corrected chi connectivity index (χ2v) is 5.32. The summed E-state index contributed by atoms with van der Waals surface area (Å²) in [5.41, 5.74) is -2.56. The fourth-order valence-electron chi connectivity index (χ4n) is 1.83. The minimum Gasteiger partial charge on any atom is -0.479 e. The molecule has 0 spiro atoms. The monoisotopic (exact) mass is 381 g/mol. The number of hydrogen-bond donors (Lipinski definition) is 1. The van der Waals surface area contributed by atoms with Crippen molar-refractivity contribution < 1.29 is 36.6 Å². The van der Waals surface area contributed by atoms with Crippen molar-refractivity contribution in [2.45, 2.75) is 19.2 Å². The number of ether oxygens (including phenoxy) is 1. The van der Waals surface area contributed by atoms with Gasteiger partial charge >= 0.3 is 12.1 Å². The summed E-state index contributed by atoms with van der Waals surface area (Å²) >= 11 is 5.74. The first-order valence-corrected chi connectivity index (χ1v) is 7.00.